The van der Waals surface area contributed by atoms with Gasteiger partial charge < -0.3 is 15.1 Å². The van der Waals surface area contributed by atoms with Crippen molar-refractivity contribution < 1.29 is 28.2 Å². The van der Waals surface area contributed by atoms with Gasteiger partial charge in [0.05, 0.1) is 10.9 Å². The van der Waals surface area contributed by atoms with Gasteiger partial charge in [0.25, 0.3) is 0 Å². The number of hydrogen-bond acceptors (Lipinski definition) is 6. The van der Waals surface area contributed by atoms with Crippen LogP contribution in [0.15, 0.2) is 24.5 Å². The van der Waals surface area contributed by atoms with Crippen LogP contribution in [0.2, 0.25) is 0 Å². The fourth-order valence-corrected chi connectivity index (χ4v) is 5.73. The molecule has 0 bridgehead atoms. The average molecular weight is 340 g/mol. The summed E-state index contributed by atoms with van der Waals surface area (Å²) in [6.07, 6.45) is 1.52. The second kappa shape index (κ2) is 4.75. The number of fused-ring (bicyclic) bond motifs is 1. The number of carboxylic acid groups (broad SMARTS) is 1. The minimum absolute atomic E-state index is 0.366. The van der Waals surface area contributed by atoms with Crippen LogP contribution >= 0.6 is 0 Å². The normalized spacial score (nSPS) is 32.0. The van der Waals surface area contributed by atoms with Crippen LogP contribution in [0.4, 0.5) is 0 Å². The van der Waals surface area contributed by atoms with Crippen molar-refractivity contribution in [2.45, 2.75) is 36.1 Å². The number of aliphatic carboxylic acids is 1. The summed E-state index contributed by atoms with van der Waals surface area (Å²) >= 11 is 0. The number of carbonyl (C=O) groups excluding carboxylic acids is 1. The zero-order valence-corrected chi connectivity index (χ0v) is 13.3. The van der Waals surface area contributed by atoms with E-state index in [1.54, 1.807) is 0 Å². The predicted octanol–water partition coefficient (Wildman–Crippen LogP) is -0.440. The van der Waals surface area contributed by atoms with Crippen LogP contribution in [-0.2, 0) is 19.4 Å². The lowest BCUT2D eigenvalue weighted by atomic mass is 9.85. The lowest BCUT2D eigenvalue weighted by Crippen LogP contribution is -2.64. The number of aliphatic hydroxyl groups is 1. The third-order valence-corrected chi connectivity index (χ3v) is 7.58. The molecule has 1 aromatic heterocycles. The van der Waals surface area contributed by atoms with E-state index in [1.807, 2.05) is 0 Å². The first-order chi connectivity index (χ1) is 10.6. The Morgan fingerprint density at radius 2 is 1.91 bits per heavy atom. The molecule has 1 aromatic rings. The van der Waals surface area contributed by atoms with E-state index in [2.05, 4.69) is 4.98 Å². The zero-order valence-electron chi connectivity index (χ0n) is 12.4. The van der Waals surface area contributed by atoms with Crippen LogP contribution in [0.3, 0.4) is 0 Å². The van der Waals surface area contributed by atoms with Crippen LogP contribution < -0.4 is 0 Å². The van der Waals surface area contributed by atoms with Gasteiger partial charge in [0.15, 0.2) is 9.84 Å². The molecule has 0 aromatic carbocycles. The van der Waals surface area contributed by atoms with E-state index in [1.165, 1.54) is 38.4 Å². The summed E-state index contributed by atoms with van der Waals surface area (Å²) in [4.78, 5) is 28.5. The Kier molecular flexibility index (Phi) is 3.28. The summed E-state index contributed by atoms with van der Waals surface area (Å²) in [6.45, 7) is 2.59. The molecule has 2 fully saturated rings. The van der Waals surface area contributed by atoms with E-state index >= 15 is 0 Å². The molecule has 2 N–H and O–H groups in total. The molecule has 2 aliphatic heterocycles. The van der Waals surface area contributed by atoms with Crippen molar-refractivity contribution in [3.63, 3.8) is 0 Å². The Hall–Kier alpha value is -2.00. The monoisotopic (exact) mass is 340 g/mol. The summed E-state index contributed by atoms with van der Waals surface area (Å²) in [5, 5.41) is 18.4. The van der Waals surface area contributed by atoms with Crippen LogP contribution in [-0.4, -0.2) is 56.6 Å². The summed E-state index contributed by atoms with van der Waals surface area (Å²) in [5.41, 5.74) is 0.366. The number of nitrogens with zero attached hydrogens (tertiary/aromatic N) is 2. The molecule has 9 heteroatoms. The number of carboxylic acids is 1. The van der Waals surface area contributed by atoms with Crippen LogP contribution in [0.5, 0.6) is 0 Å². The van der Waals surface area contributed by atoms with Gasteiger partial charge in [0, 0.05) is 12.4 Å². The number of hydrogen-bond donors (Lipinski definition) is 2. The number of carbonyl (C=O) groups is 2. The Labute approximate surface area is 132 Å². The number of amides is 1. The summed E-state index contributed by atoms with van der Waals surface area (Å²) in [5.74, 6) is -3.24. The smallest absolute Gasteiger partial charge is 0.328 e. The highest BCUT2D eigenvalue weighted by atomic mass is 32.2. The molecule has 0 aliphatic carbocycles. The molecule has 4 atom stereocenters. The molecule has 8 nitrogen and oxygen atoms in total. The third kappa shape index (κ3) is 1.86. The van der Waals surface area contributed by atoms with Gasteiger partial charge in [-0.15, -0.1) is 0 Å². The van der Waals surface area contributed by atoms with Gasteiger partial charge in [-0.2, -0.15) is 0 Å². The van der Waals surface area contributed by atoms with Gasteiger partial charge in [-0.25, -0.2) is 13.2 Å². The largest absolute Gasteiger partial charge is 0.480 e. The van der Waals surface area contributed by atoms with E-state index in [0.717, 1.165) is 4.90 Å². The van der Waals surface area contributed by atoms with Crippen LogP contribution in [0, 0.1) is 5.92 Å². The van der Waals surface area contributed by atoms with Gasteiger partial charge >= 0.3 is 5.97 Å². The third-order valence-electron chi connectivity index (χ3n) is 4.73. The fourth-order valence-electron chi connectivity index (χ4n) is 3.40. The van der Waals surface area contributed by atoms with Gasteiger partial charge in [-0.05, 0) is 31.5 Å². The molecule has 2 saturated heterocycles. The van der Waals surface area contributed by atoms with Gasteiger partial charge in [0.1, 0.15) is 17.3 Å². The maximum atomic E-state index is 12.7. The van der Waals surface area contributed by atoms with Crippen molar-refractivity contribution >= 4 is 21.7 Å². The summed E-state index contributed by atoms with van der Waals surface area (Å²) in [6, 6.07) is 1.52. The Morgan fingerprint density at radius 3 is 2.43 bits per heavy atom. The number of pyridine rings is 1. The molecule has 2 aliphatic rings. The molecule has 0 saturated carbocycles. The van der Waals surface area contributed by atoms with Crippen molar-refractivity contribution in [1.29, 1.82) is 0 Å². The minimum atomic E-state index is -3.95. The number of β-lactam (4-membered cyclic amide) rings is 1. The maximum absolute atomic E-state index is 12.7. The lowest BCUT2D eigenvalue weighted by molar-refractivity contribution is -0.169. The van der Waals surface area contributed by atoms with Gasteiger partial charge in [-0.3, -0.25) is 9.78 Å². The average Bonchev–Trinajstić information content (AvgIpc) is 2.62. The maximum Gasteiger partial charge on any atom is 0.328 e. The highest BCUT2D eigenvalue weighted by Gasteiger charge is 2.73. The van der Waals surface area contributed by atoms with Crippen molar-refractivity contribution in [2.75, 3.05) is 0 Å². The molecule has 124 valence electrons. The lowest BCUT2D eigenvalue weighted by Gasteiger charge is -2.44. The molecule has 0 unspecified atom stereocenters. The molecule has 0 radical (unpaired) electrons. The van der Waals surface area contributed by atoms with Gasteiger partial charge in [0.2, 0.25) is 5.91 Å². The van der Waals surface area contributed by atoms with E-state index < -0.39 is 49.9 Å². The quantitative estimate of drug-likeness (QED) is 0.715. The van der Waals surface area contributed by atoms with E-state index in [9.17, 15) is 28.2 Å². The molecular formula is C14H16N2O6S. The zero-order chi connectivity index (χ0) is 17.2. The first-order valence-electron chi connectivity index (χ1n) is 6.99. The SMILES string of the molecule is CC1(C)[C@H](C(=O)O)N2C(=O)[C@@H]([C@H](O)c3ccncc3)[C@H]2S1(=O)=O. The number of aromatic nitrogens is 1. The summed E-state index contributed by atoms with van der Waals surface area (Å²) in [7, 11) is -3.95. The number of aliphatic hydroxyl groups excluding tert-OH is 1. The van der Waals surface area contributed by atoms with E-state index in [4.69, 9.17) is 0 Å². The van der Waals surface area contributed by atoms with Gasteiger partial charge in [-0.1, -0.05) is 0 Å². The second-order valence-corrected chi connectivity index (χ2v) is 8.90. The van der Waals surface area contributed by atoms with Crippen molar-refractivity contribution in [3.05, 3.63) is 30.1 Å². The van der Waals surface area contributed by atoms with Crippen molar-refractivity contribution in [2.24, 2.45) is 5.92 Å². The molecule has 3 rings (SSSR count). The van der Waals surface area contributed by atoms with Crippen LogP contribution in [0.25, 0.3) is 0 Å². The molecule has 0 spiro atoms. The molecule has 1 amide bonds. The second-order valence-electron chi connectivity index (χ2n) is 6.28. The summed E-state index contributed by atoms with van der Waals surface area (Å²) < 4.78 is 23.8. The fraction of sp³-hybridized carbons (Fsp3) is 0.500. The Morgan fingerprint density at radius 1 is 1.35 bits per heavy atom. The first-order valence-corrected chi connectivity index (χ1v) is 8.53. The topological polar surface area (TPSA) is 125 Å². The Balaban J connectivity index is 2.04. The minimum Gasteiger partial charge on any atom is -0.480 e. The van der Waals surface area contributed by atoms with E-state index in [-0.39, 0.29) is 0 Å². The molecular weight excluding hydrogens is 324 g/mol. The number of rotatable bonds is 3. The highest BCUT2D eigenvalue weighted by Crippen LogP contribution is 2.51. The molecule has 23 heavy (non-hydrogen) atoms. The predicted molar refractivity (Wildman–Crippen MR) is 77.7 cm³/mol. The standard InChI is InChI=1S/C14H16N2O6S/c1-14(2)10(13(19)20)16-11(18)8(12(16)23(14,21)22)9(17)7-3-5-15-6-4-7/h3-6,8-10,12,17H,1-2H3,(H,19,20)/t8-,9-,10+,12-/m1/s1. The highest BCUT2D eigenvalue weighted by molar-refractivity contribution is 7.93. The number of sulfone groups is 1. The first kappa shape index (κ1) is 15.9. The van der Waals surface area contributed by atoms with Crippen molar-refractivity contribution in [1.82, 2.24) is 9.88 Å². The molecule has 3 heterocycles. The van der Waals surface area contributed by atoms with E-state index in [0.29, 0.717) is 5.56 Å². The Bertz CT molecular complexity index is 776. The van der Waals surface area contributed by atoms with Crippen LogP contribution in [0.1, 0.15) is 25.5 Å². The van der Waals surface area contributed by atoms with Crippen molar-refractivity contribution in [3.8, 4) is 0 Å².